The summed E-state index contributed by atoms with van der Waals surface area (Å²) < 4.78 is 0. The maximum Gasteiger partial charge on any atom is 0.324 e. The maximum absolute atomic E-state index is 12.5. The molecule has 3 aromatic rings. The van der Waals surface area contributed by atoms with Crippen LogP contribution in [0.15, 0.2) is 48.9 Å². The van der Waals surface area contributed by atoms with Gasteiger partial charge in [0, 0.05) is 49.7 Å². The molecule has 1 aliphatic rings. The number of fused-ring (bicyclic) bond motifs is 1. The highest BCUT2D eigenvalue weighted by molar-refractivity contribution is 6.11. The first-order valence-corrected chi connectivity index (χ1v) is 8.68. The summed E-state index contributed by atoms with van der Waals surface area (Å²) in [7, 11) is 1.79. The van der Waals surface area contributed by atoms with Crippen molar-refractivity contribution in [2.45, 2.75) is 6.92 Å². The Morgan fingerprint density at radius 2 is 1.93 bits per heavy atom. The number of nitrogens with one attached hydrogen (secondary N) is 1. The van der Waals surface area contributed by atoms with E-state index >= 15 is 0 Å². The van der Waals surface area contributed by atoms with Gasteiger partial charge in [0.05, 0.1) is 16.9 Å². The van der Waals surface area contributed by atoms with Gasteiger partial charge in [-0.05, 0) is 30.7 Å². The van der Waals surface area contributed by atoms with Crippen molar-refractivity contribution in [2.24, 2.45) is 0 Å². The first kappa shape index (κ1) is 17.0. The van der Waals surface area contributed by atoms with E-state index in [-0.39, 0.29) is 11.9 Å². The van der Waals surface area contributed by atoms with Gasteiger partial charge in [-0.3, -0.25) is 19.7 Å². The zero-order chi connectivity index (χ0) is 19.0. The van der Waals surface area contributed by atoms with Crippen LogP contribution >= 0.6 is 0 Å². The number of hydrogen-bond donors (Lipinski definition) is 1. The number of aryl methyl sites for hydroxylation is 1. The number of para-hydroxylation sites is 1. The fourth-order valence-corrected chi connectivity index (χ4v) is 3.32. The Balaban J connectivity index is 1.77. The molecule has 1 N–H and O–H groups in total. The van der Waals surface area contributed by atoms with Crippen molar-refractivity contribution >= 4 is 34.2 Å². The minimum Gasteiger partial charge on any atom is -0.326 e. The van der Waals surface area contributed by atoms with Gasteiger partial charge in [-0.25, -0.2) is 4.79 Å². The molecular formula is C20H19N5O2. The van der Waals surface area contributed by atoms with E-state index in [1.54, 1.807) is 47.6 Å². The molecule has 7 heteroatoms. The van der Waals surface area contributed by atoms with Crippen LogP contribution in [0.25, 0.3) is 10.9 Å². The van der Waals surface area contributed by atoms with Crippen LogP contribution in [-0.4, -0.2) is 46.9 Å². The minimum absolute atomic E-state index is 0.0307. The Morgan fingerprint density at radius 1 is 1.15 bits per heavy atom. The van der Waals surface area contributed by atoms with Gasteiger partial charge in [0.15, 0.2) is 0 Å². The molecule has 0 radical (unpaired) electrons. The number of amides is 3. The quantitative estimate of drug-likeness (QED) is 0.778. The summed E-state index contributed by atoms with van der Waals surface area (Å²) in [5.74, 6) is -0.231. The van der Waals surface area contributed by atoms with Gasteiger partial charge in [-0.15, -0.1) is 0 Å². The predicted molar refractivity (Wildman–Crippen MR) is 104 cm³/mol. The average Bonchev–Trinajstić information content (AvgIpc) is 3.01. The van der Waals surface area contributed by atoms with Crippen molar-refractivity contribution in [1.82, 2.24) is 14.9 Å². The number of urea groups is 1. The van der Waals surface area contributed by atoms with Gasteiger partial charge in [0.1, 0.15) is 0 Å². The molecule has 0 saturated carbocycles. The van der Waals surface area contributed by atoms with Crippen LogP contribution in [0.1, 0.15) is 15.9 Å². The fraction of sp³-hybridized carbons (Fsp3) is 0.200. The lowest BCUT2D eigenvalue weighted by Crippen LogP contribution is -2.30. The molecule has 0 aliphatic carbocycles. The Bertz CT molecular complexity index is 1040. The molecule has 1 aromatic carbocycles. The molecule has 0 spiro atoms. The zero-order valence-corrected chi connectivity index (χ0v) is 15.1. The van der Waals surface area contributed by atoms with E-state index < -0.39 is 0 Å². The molecule has 27 heavy (non-hydrogen) atoms. The van der Waals surface area contributed by atoms with E-state index in [2.05, 4.69) is 15.3 Å². The van der Waals surface area contributed by atoms with Gasteiger partial charge in [0.25, 0.3) is 5.91 Å². The lowest BCUT2D eigenvalue weighted by atomic mass is 10.1. The normalized spacial score (nSPS) is 14.1. The van der Waals surface area contributed by atoms with Crippen molar-refractivity contribution < 1.29 is 9.59 Å². The standard InChI is InChI=1S/C20H19N5O2/c1-13-12-22-17-15(18(13)25-11-10-24(2)20(25)27)4-3-5-16(17)23-19(26)14-6-8-21-9-7-14/h3-9,12H,10-11H2,1-2H3,(H,23,26). The third kappa shape index (κ3) is 2.97. The van der Waals surface area contributed by atoms with Crippen LogP contribution in [0.5, 0.6) is 0 Å². The molecule has 136 valence electrons. The highest BCUT2D eigenvalue weighted by Crippen LogP contribution is 2.34. The summed E-state index contributed by atoms with van der Waals surface area (Å²) in [6.07, 6.45) is 4.89. The highest BCUT2D eigenvalue weighted by atomic mass is 16.2. The monoisotopic (exact) mass is 361 g/mol. The third-order valence-corrected chi connectivity index (χ3v) is 4.73. The molecule has 0 unspecified atom stereocenters. The number of likely N-dealkylation sites (N-methyl/N-ethyl adjacent to an activating group) is 1. The Hall–Kier alpha value is -3.48. The molecule has 4 rings (SSSR count). The van der Waals surface area contributed by atoms with E-state index in [0.29, 0.717) is 29.9 Å². The van der Waals surface area contributed by atoms with Crippen LogP contribution in [0, 0.1) is 6.92 Å². The van der Waals surface area contributed by atoms with Crippen molar-refractivity contribution in [3.63, 3.8) is 0 Å². The van der Waals surface area contributed by atoms with Crippen LogP contribution < -0.4 is 10.2 Å². The predicted octanol–water partition coefficient (Wildman–Crippen LogP) is 3.06. The smallest absolute Gasteiger partial charge is 0.324 e. The van der Waals surface area contributed by atoms with Crippen LogP contribution in [0.3, 0.4) is 0 Å². The maximum atomic E-state index is 12.5. The van der Waals surface area contributed by atoms with Gasteiger partial charge in [0.2, 0.25) is 0 Å². The number of nitrogens with zero attached hydrogens (tertiary/aromatic N) is 4. The minimum atomic E-state index is -0.231. The lowest BCUT2D eigenvalue weighted by Gasteiger charge is -2.21. The fourth-order valence-electron chi connectivity index (χ4n) is 3.32. The van der Waals surface area contributed by atoms with Crippen molar-refractivity contribution in [3.05, 3.63) is 60.0 Å². The summed E-state index contributed by atoms with van der Waals surface area (Å²) in [6, 6.07) is 8.88. The number of pyridine rings is 2. The molecule has 1 aliphatic heterocycles. The second-order valence-electron chi connectivity index (χ2n) is 6.54. The van der Waals surface area contributed by atoms with Crippen LogP contribution in [-0.2, 0) is 0 Å². The summed E-state index contributed by atoms with van der Waals surface area (Å²) in [4.78, 5) is 36.9. The number of rotatable bonds is 3. The molecule has 2 aromatic heterocycles. The molecule has 3 heterocycles. The molecule has 0 atom stereocenters. The number of carbonyl (C=O) groups excluding carboxylic acids is 2. The van der Waals surface area contributed by atoms with E-state index in [4.69, 9.17) is 0 Å². The van der Waals surface area contributed by atoms with E-state index in [1.165, 1.54) is 0 Å². The van der Waals surface area contributed by atoms with E-state index in [9.17, 15) is 9.59 Å². The third-order valence-electron chi connectivity index (χ3n) is 4.73. The Morgan fingerprint density at radius 3 is 2.63 bits per heavy atom. The molecule has 1 fully saturated rings. The molecule has 1 saturated heterocycles. The van der Waals surface area contributed by atoms with Crippen LogP contribution in [0.2, 0.25) is 0 Å². The zero-order valence-electron chi connectivity index (χ0n) is 15.1. The first-order valence-electron chi connectivity index (χ1n) is 8.68. The van der Waals surface area contributed by atoms with Crippen molar-refractivity contribution in [1.29, 1.82) is 0 Å². The SMILES string of the molecule is Cc1cnc2c(NC(=O)c3ccncc3)cccc2c1N1CCN(C)C1=O. The number of anilines is 2. The molecular weight excluding hydrogens is 342 g/mol. The second-order valence-corrected chi connectivity index (χ2v) is 6.54. The summed E-state index contributed by atoms with van der Waals surface area (Å²) in [5.41, 5.74) is 3.54. The van der Waals surface area contributed by atoms with Gasteiger partial charge in [-0.1, -0.05) is 12.1 Å². The first-order chi connectivity index (χ1) is 13.1. The largest absolute Gasteiger partial charge is 0.326 e. The molecule has 7 nitrogen and oxygen atoms in total. The Kier molecular flexibility index (Phi) is 4.19. The number of aromatic nitrogens is 2. The average molecular weight is 361 g/mol. The number of hydrogen-bond acceptors (Lipinski definition) is 4. The van der Waals surface area contributed by atoms with E-state index in [1.807, 2.05) is 25.1 Å². The summed E-state index contributed by atoms with van der Waals surface area (Å²) in [6.45, 7) is 3.25. The lowest BCUT2D eigenvalue weighted by molar-refractivity contribution is 0.102. The molecule has 3 amide bonds. The van der Waals surface area contributed by atoms with Gasteiger partial charge in [-0.2, -0.15) is 0 Å². The summed E-state index contributed by atoms with van der Waals surface area (Å²) in [5, 5.41) is 3.75. The van der Waals surface area contributed by atoms with Crippen LogP contribution in [0.4, 0.5) is 16.2 Å². The highest BCUT2D eigenvalue weighted by Gasteiger charge is 2.29. The molecule has 0 bridgehead atoms. The number of benzene rings is 1. The van der Waals surface area contributed by atoms with Gasteiger partial charge < -0.3 is 10.2 Å². The second kappa shape index (κ2) is 6.68. The topological polar surface area (TPSA) is 78.4 Å². The van der Waals surface area contributed by atoms with E-state index in [0.717, 1.165) is 16.6 Å². The number of carbonyl (C=O) groups is 2. The van der Waals surface area contributed by atoms with Crippen molar-refractivity contribution in [3.8, 4) is 0 Å². The van der Waals surface area contributed by atoms with Crippen molar-refractivity contribution in [2.75, 3.05) is 30.4 Å². The van der Waals surface area contributed by atoms with Gasteiger partial charge >= 0.3 is 6.03 Å². The summed E-state index contributed by atoms with van der Waals surface area (Å²) >= 11 is 0. The Labute approximate surface area is 156 Å².